The molecule has 0 radical (unpaired) electrons. The lowest BCUT2D eigenvalue weighted by Crippen LogP contribution is -2.47. The third-order valence-electron chi connectivity index (χ3n) is 5.15. The molecule has 3 rings (SSSR count). The number of halogens is 1. The van der Waals surface area contributed by atoms with Crippen molar-refractivity contribution in [3.63, 3.8) is 0 Å². The Bertz CT molecular complexity index is 823. The van der Waals surface area contributed by atoms with Gasteiger partial charge >= 0.3 is 0 Å². The molecular formula is C22H28FN3O3. The molecule has 1 N–H and O–H groups in total. The molecule has 0 saturated carbocycles. The topological polar surface area (TPSA) is 54.0 Å². The molecule has 1 aliphatic rings. The zero-order valence-electron chi connectivity index (χ0n) is 17.0. The fourth-order valence-electron chi connectivity index (χ4n) is 3.50. The van der Waals surface area contributed by atoms with Crippen molar-refractivity contribution in [3.05, 3.63) is 53.8 Å². The highest BCUT2D eigenvalue weighted by molar-refractivity contribution is 5.94. The van der Waals surface area contributed by atoms with Crippen molar-refractivity contribution in [3.8, 4) is 11.5 Å². The van der Waals surface area contributed by atoms with Gasteiger partial charge in [-0.25, -0.2) is 4.39 Å². The van der Waals surface area contributed by atoms with Gasteiger partial charge in [-0.15, -0.1) is 0 Å². The van der Waals surface area contributed by atoms with Gasteiger partial charge < -0.3 is 19.7 Å². The van der Waals surface area contributed by atoms with Crippen molar-refractivity contribution >= 4 is 11.6 Å². The number of carbonyl (C=O) groups is 1. The molecule has 7 heteroatoms. The van der Waals surface area contributed by atoms with Gasteiger partial charge in [-0.1, -0.05) is 12.1 Å². The Balaban J connectivity index is 1.39. The van der Waals surface area contributed by atoms with Gasteiger partial charge in [0.15, 0.2) is 11.5 Å². The minimum absolute atomic E-state index is 0.129. The second-order valence-corrected chi connectivity index (χ2v) is 6.96. The van der Waals surface area contributed by atoms with E-state index in [0.717, 1.165) is 39.1 Å². The lowest BCUT2D eigenvalue weighted by molar-refractivity contribution is 0.0951. The fourth-order valence-corrected chi connectivity index (χ4v) is 3.50. The van der Waals surface area contributed by atoms with Gasteiger partial charge in [0.05, 0.1) is 19.9 Å². The minimum Gasteiger partial charge on any atom is -0.493 e. The number of amides is 1. The molecule has 1 heterocycles. The molecule has 1 aliphatic heterocycles. The Morgan fingerprint density at radius 2 is 1.76 bits per heavy atom. The lowest BCUT2D eigenvalue weighted by Gasteiger charge is -2.36. The number of hydrogen-bond acceptors (Lipinski definition) is 5. The van der Waals surface area contributed by atoms with Crippen LogP contribution in [0, 0.1) is 5.82 Å². The first-order valence-electron chi connectivity index (χ1n) is 9.84. The summed E-state index contributed by atoms with van der Waals surface area (Å²) in [7, 11) is 3.11. The highest BCUT2D eigenvalue weighted by Crippen LogP contribution is 2.27. The number of anilines is 1. The Labute approximate surface area is 171 Å². The first-order chi connectivity index (χ1) is 14.1. The molecule has 0 aromatic heterocycles. The van der Waals surface area contributed by atoms with Crippen molar-refractivity contribution in [1.29, 1.82) is 0 Å². The van der Waals surface area contributed by atoms with Crippen molar-refractivity contribution in [2.45, 2.75) is 6.42 Å². The third-order valence-corrected chi connectivity index (χ3v) is 5.15. The summed E-state index contributed by atoms with van der Waals surface area (Å²) >= 11 is 0. The molecule has 156 valence electrons. The third kappa shape index (κ3) is 5.38. The molecule has 29 heavy (non-hydrogen) atoms. The largest absolute Gasteiger partial charge is 0.493 e. The number of nitrogens with zero attached hydrogens (tertiary/aromatic N) is 2. The smallest absolute Gasteiger partial charge is 0.251 e. The molecule has 0 bridgehead atoms. The van der Waals surface area contributed by atoms with Crippen LogP contribution in [0.3, 0.4) is 0 Å². The van der Waals surface area contributed by atoms with E-state index >= 15 is 0 Å². The summed E-state index contributed by atoms with van der Waals surface area (Å²) in [5.74, 6) is 0.834. The maximum Gasteiger partial charge on any atom is 0.251 e. The maximum atomic E-state index is 13.9. The SMILES string of the molecule is COc1ccc(C(=O)NCCCN2CCN(c3ccccc3F)CC2)cc1OC. The van der Waals surface area contributed by atoms with Crippen molar-refractivity contribution in [1.82, 2.24) is 10.2 Å². The number of nitrogens with one attached hydrogen (secondary N) is 1. The molecule has 0 aliphatic carbocycles. The van der Waals surface area contributed by atoms with Crippen LogP contribution in [0.2, 0.25) is 0 Å². The predicted molar refractivity (Wildman–Crippen MR) is 112 cm³/mol. The summed E-state index contributed by atoms with van der Waals surface area (Å²) in [5, 5.41) is 2.95. The standard InChI is InChI=1S/C22H28FN3O3/c1-28-20-9-8-17(16-21(20)29-2)22(27)24-10-5-11-25-12-14-26(15-13-25)19-7-4-3-6-18(19)23/h3-4,6-9,16H,5,10-15H2,1-2H3,(H,24,27). The highest BCUT2D eigenvalue weighted by atomic mass is 19.1. The molecule has 0 spiro atoms. The number of hydrogen-bond donors (Lipinski definition) is 1. The second kappa shape index (κ2) is 10.1. The average molecular weight is 401 g/mol. The molecule has 2 aromatic rings. The van der Waals surface area contributed by atoms with E-state index in [1.54, 1.807) is 38.5 Å². The zero-order valence-corrected chi connectivity index (χ0v) is 17.0. The monoisotopic (exact) mass is 401 g/mol. The van der Waals surface area contributed by atoms with Gasteiger partial charge in [-0.3, -0.25) is 9.69 Å². The molecule has 1 fully saturated rings. The van der Waals surface area contributed by atoms with Gasteiger partial charge in [-0.05, 0) is 43.3 Å². The molecule has 2 aromatic carbocycles. The van der Waals surface area contributed by atoms with Crippen LogP contribution in [-0.4, -0.2) is 64.3 Å². The minimum atomic E-state index is -0.168. The number of methoxy groups -OCH3 is 2. The molecule has 6 nitrogen and oxygen atoms in total. The lowest BCUT2D eigenvalue weighted by atomic mass is 10.2. The summed E-state index contributed by atoms with van der Waals surface area (Å²) in [6.07, 6.45) is 0.860. The predicted octanol–water partition coefficient (Wildman–Crippen LogP) is 2.79. The van der Waals surface area contributed by atoms with E-state index in [4.69, 9.17) is 9.47 Å². The van der Waals surface area contributed by atoms with Gasteiger partial charge in [0, 0.05) is 38.3 Å². The average Bonchev–Trinajstić information content (AvgIpc) is 2.77. The Hall–Kier alpha value is -2.80. The van der Waals surface area contributed by atoms with Crippen LogP contribution >= 0.6 is 0 Å². The molecule has 1 saturated heterocycles. The summed E-state index contributed by atoms with van der Waals surface area (Å²) < 4.78 is 24.3. The number of ether oxygens (including phenoxy) is 2. The molecular weight excluding hydrogens is 373 g/mol. The van der Waals surface area contributed by atoms with Crippen LogP contribution < -0.4 is 19.7 Å². The van der Waals surface area contributed by atoms with Gasteiger partial charge in [0.2, 0.25) is 0 Å². The number of para-hydroxylation sites is 1. The summed E-state index contributed by atoms with van der Waals surface area (Å²) in [4.78, 5) is 16.8. The number of benzene rings is 2. The Kier molecular flexibility index (Phi) is 7.30. The van der Waals surface area contributed by atoms with Crippen LogP contribution in [0.5, 0.6) is 11.5 Å². The molecule has 0 atom stereocenters. The second-order valence-electron chi connectivity index (χ2n) is 6.96. The normalized spacial score (nSPS) is 14.5. The van der Waals surface area contributed by atoms with Crippen LogP contribution in [0.1, 0.15) is 16.8 Å². The van der Waals surface area contributed by atoms with E-state index in [9.17, 15) is 9.18 Å². The van der Waals surface area contributed by atoms with E-state index in [1.807, 2.05) is 12.1 Å². The Morgan fingerprint density at radius 1 is 1.03 bits per heavy atom. The number of rotatable bonds is 8. The van der Waals surface area contributed by atoms with Gasteiger partial charge in [0.1, 0.15) is 5.82 Å². The summed E-state index contributed by atoms with van der Waals surface area (Å²) in [5.41, 5.74) is 1.22. The van der Waals surface area contributed by atoms with E-state index in [0.29, 0.717) is 29.3 Å². The van der Waals surface area contributed by atoms with Crippen molar-refractivity contribution < 1.29 is 18.7 Å². The Morgan fingerprint density at radius 3 is 2.45 bits per heavy atom. The van der Waals surface area contributed by atoms with Crippen LogP contribution in [0.4, 0.5) is 10.1 Å². The van der Waals surface area contributed by atoms with E-state index in [-0.39, 0.29) is 11.7 Å². The highest BCUT2D eigenvalue weighted by Gasteiger charge is 2.19. The van der Waals surface area contributed by atoms with Crippen LogP contribution in [0.25, 0.3) is 0 Å². The molecule has 0 unspecified atom stereocenters. The quantitative estimate of drug-likeness (QED) is 0.690. The van der Waals surface area contributed by atoms with Crippen LogP contribution in [-0.2, 0) is 0 Å². The number of carbonyl (C=O) groups excluding carboxylic acids is 1. The van der Waals surface area contributed by atoms with Crippen LogP contribution in [0.15, 0.2) is 42.5 Å². The van der Waals surface area contributed by atoms with E-state index in [1.165, 1.54) is 6.07 Å². The zero-order chi connectivity index (χ0) is 20.6. The first kappa shape index (κ1) is 20.9. The summed E-state index contributed by atoms with van der Waals surface area (Å²) in [6, 6.07) is 12.0. The molecule has 1 amide bonds. The summed E-state index contributed by atoms with van der Waals surface area (Å²) in [6.45, 7) is 4.88. The van der Waals surface area contributed by atoms with Crippen molar-refractivity contribution in [2.24, 2.45) is 0 Å². The van der Waals surface area contributed by atoms with Gasteiger partial charge in [-0.2, -0.15) is 0 Å². The van der Waals surface area contributed by atoms with E-state index in [2.05, 4.69) is 15.1 Å². The van der Waals surface area contributed by atoms with Crippen molar-refractivity contribution in [2.75, 3.05) is 58.4 Å². The first-order valence-corrected chi connectivity index (χ1v) is 9.84. The van der Waals surface area contributed by atoms with E-state index < -0.39 is 0 Å². The number of piperazine rings is 1. The maximum absolute atomic E-state index is 13.9. The fraction of sp³-hybridized carbons (Fsp3) is 0.409. The van der Waals surface area contributed by atoms with Gasteiger partial charge in [0.25, 0.3) is 5.91 Å².